The molecule has 6 atom stereocenters. The minimum atomic E-state index is -2.07. The summed E-state index contributed by atoms with van der Waals surface area (Å²) < 4.78 is 13.8. The van der Waals surface area contributed by atoms with Crippen LogP contribution < -0.4 is 4.90 Å². The fraction of sp³-hybridized carbons (Fsp3) is 0.438. The molecule has 2 heterocycles. The van der Waals surface area contributed by atoms with E-state index in [0.29, 0.717) is 11.1 Å². The van der Waals surface area contributed by atoms with Gasteiger partial charge in [0.1, 0.15) is 11.6 Å². The number of phenolic OH excluding ortho intramolecular Hbond substituents is 1. The Morgan fingerprint density at radius 1 is 0.857 bits per heavy atom. The van der Waals surface area contributed by atoms with Crippen LogP contribution in [0.2, 0.25) is 0 Å². The van der Waals surface area contributed by atoms with Crippen molar-refractivity contribution in [1.29, 1.82) is 0 Å². The third-order valence-corrected chi connectivity index (χ3v) is 11.5. The van der Waals surface area contributed by atoms with Gasteiger partial charge in [-0.25, -0.2) is 9.29 Å². The van der Waals surface area contributed by atoms with E-state index in [1.54, 1.807) is 18.2 Å². The van der Waals surface area contributed by atoms with Crippen LogP contribution in [0.5, 0.6) is 5.75 Å². The standard InChI is InChI=1S/C32H29Cl2FN2O5/c33-31-16-23-20(14-15-22-25(23)28(40)36(27(22)39)18-6-2-1-3-7-18)26(21-8-4-5-9-24(21)38)32(31,34)30(42)37(29(31)41)19-12-10-17(35)11-13-19/h4-5,8-14,18,22-23,25-26,38H,1-3,6-7,15-16H2/t22-,23+,25-,26+,31+,32-/m0/s1. The lowest BCUT2D eigenvalue weighted by Gasteiger charge is -2.50. The molecule has 0 unspecified atom stereocenters. The van der Waals surface area contributed by atoms with Gasteiger partial charge in [0.2, 0.25) is 11.8 Å². The van der Waals surface area contributed by atoms with Gasteiger partial charge in [0.15, 0.2) is 9.75 Å². The van der Waals surface area contributed by atoms with Gasteiger partial charge in [-0.05, 0) is 61.9 Å². The third-order valence-electron chi connectivity index (χ3n) is 10.1. The molecule has 0 bridgehead atoms. The zero-order chi connectivity index (χ0) is 29.6. The number of allylic oxidation sites excluding steroid dienone is 2. The fourth-order valence-corrected chi connectivity index (χ4v) is 9.13. The van der Waals surface area contributed by atoms with E-state index in [9.17, 15) is 28.7 Å². The first-order valence-corrected chi connectivity index (χ1v) is 15.2. The minimum absolute atomic E-state index is 0.113. The lowest BCUT2D eigenvalue weighted by Crippen LogP contribution is -2.60. The van der Waals surface area contributed by atoms with E-state index in [1.807, 2.05) is 6.08 Å². The Hall–Kier alpha value is -3.23. The number of rotatable bonds is 3. The van der Waals surface area contributed by atoms with Crippen LogP contribution in [0.3, 0.4) is 0 Å². The maximum absolute atomic E-state index is 14.3. The molecular formula is C32H29Cl2FN2O5. The Labute approximate surface area is 252 Å². The molecule has 4 fully saturated rings. The summed E-state index contributed by atoms with van der Waals surface area (Å²) in [6, 6.07) is 11.2. The van der Waals surface area contributed by atoms with Crippen molar-refractivity contribution < 1.29 is 28.7 Å². The van der Waals surface area contributed by atoms with E-state index < -0.39 is 51.1 Å². The summed E-state index contributed by atoms with van der Waals surface area (Å²) in [5.74, 6) is -5.78. The zero-order valence-corrected chi connectivity index (χ0v) is 24.2. The van der Waals surface area contributed by atoms with Gasteiger partial charge < -0.3 is 5.11 Å². The second kappa shape index (κ2) is 9.64. The second-order valence-corrected chi connectivity index (χ2v) is 13.4. The van der Waals surface area contributed by atoms with E-state index in [4.69, 9.17) is 23.2 Å². The first kappa shape index (κ1) is 27.6. The van der Waals surface area contributed by atoms with E-state index in [1.165, 1.54) is 23.1 Å². The molecule has 2 saturated carbocycles. The molecule has 3 aliphatic carbocycles. The Bertz CT molecular complexity index is 1560. The van der Waals surface area contributed by atoms with Crippen LogP contribution in [0.15, 0.2) is 60.2 Å². The van der Waals surface area contributed by atoms with Crippen LogP contribution in [-0.4, -0.2) is 49.4 Å². The number of fused-ring (bicyclic) bond motifs is 4. The van der Waals surface area contributed by atoms with Gasteiger partial charge in [-0.1, -0.05) is 49.1 Å². The van der Waals surface area contributed by atoms with Crippen molar-refractivity contribution in [3.63, 3.8) is 0 Å². The number of anilines is 1. The summed E-state index contributed by atoms with van der Waals surface area (Å²) >= 11 is 14.6. The highest BCUT2D eigenvalue weighted by Gasteiger charge is 2.77. The summed E-state index contributed by atoms with van der Waals surface area (Å²) in [6.45, 7) is 0. The summed E-state index contributed by atoms with van der Waals surface area (Å²) in [6.07, 6.45) is 6.51. The normalized spacial score (nSPS) is 34.8. The number of para-hydroxylation sites is 1. The molecule has 1 N–H and O–H groups in total. The summed E-state index contributed by atoms with van der Waals surface area (Å²) in [5.41, 5.74) is 1.04. The predicted molar refractivity (Wildman–Crippen MR) is 153 cm³/mol. The average Bonchev–Trinajstić information content (AvgIpc) is 3.32. The van der Waals surface area contributed by atoms with Crippen LogP contribution >= 0.6 is 23.2 Å². The van der Waals surface area contributed by atoms with Crippen LogP contribution in [0.4, 0.5) is 10.1 Å². The number of amides is 4. The largest absolute Gasteiger partial charge is 0.508 e. The third kappa shape index (κ3) is 3.57. The number of carbonyl (C=O) groups excluding carboxylic acids is 4. The number of aromatic hydroxyl groups is 1. The van der Waals surface area contributed by atoms with Crippen LogP contribution in [-0.2, 0) is 19.2 Å². The topological polar surface area (TPSA) is 95.0 Å². The molecule has 42 heavy (non-hydrogen) atoms. The van der Waals surface area contributed by atoms with Gasteiger partial charge in [0, 0.05) is 17.5 Å². The number of halogens is 3. The van der Waals surface area contributed by atoms with Crippen LogP contribution in [0.25, 0.3) is 0 Å². The number of hydrogen-bond donors (Lipinski definition) is 1. The molecule has 0 radical (unpaired) electrons. The van der Waals surface area contributed by atoms with Gasteiger partial charge in [0.25, 0.3) is 11.8 Å². The van der Waals surface area contributed by atoms with Crippen LogP contribution in [0.1, 0.15) is 56.4 Å². The van der Waals surface area contributed by atoms with Crippen molar-refractivity contribution in [2.24, 2.45) is 17.8 Å². The van der Waals surface area contributed by atoms with E-state index in [2.05, 4.69) is 0 Å². The first-order valence-electron chi connectivity index (χ1n) is 14.5. The summed E-state index contributed by atoms with van der Waals surface area (Å²) in [5, 5.41) is 11.0. The Balaban J connectivity index is 1.38. The lowest BCUT2D eigenvalue weighted by atomic mass is 9.56. The highest BCUT2D eigenvalue weighted by molar-refractivity contribution is 6.58. The highest BCUT2D eigenvalue weighted by atomic mass is 35.5. The number of phenols is 1. The number of imide groups is 2. The van der Waals surface area contributed by atoms with Crippen molar-refractivity contribution in [1.82, 2.24) is 4.90 Å². The first-order chi connectivity index (χ1) is 20.1. The number of likely N-dealkylation sites (tertiary alicyclic amines) is 1. The smallest absolute Gasteiger partial charge is 0.258 e. The van der Waals surface area contributed by atoms with Gasteiger partial charge in [-0.2, -0.15) is 0 Å². The molecule has 0 aromatic heterocycles. The van der Waals surface area contributed by atoms with Gasteiger partial charge in [-0.3, -0.25) is 24.1 Å². The molecule has 2 aromatic rings. The average molecular weight is 611 g/mol. The highest BCUT2D eigenvalue weighted by Crippen LogP contribution is 2.66. The Kier molecular flexibility index (Phi) is 6.34. The molecule has 0 spiro atoms. The van der Waals surface area contributed by atoms with Gasteiger partial charge in [0.05, 0.1) is 17.5 Å². The van der Waals surface area contributed by atoms with E-state index >= 15 is 0 Å². The van der Waals surface area contributed by atoms with Crippen molar-refractivity contribution in [2.45, 2.75) is 66.7 Å². The molecular weight excluding hydrogens is 582 g/mol. The molecule has 7 nitrogen and oxygen atoms in total. The van der Waals surface area contributed by atoms with Crippen molar-refractivity contribution in [3.05, 3.63) is 71.6 Å². The maximum atomic E-state index is 14.3. The number of carbonyl (C=O) groups is 4. The minimum Gasteiger partial charge on any atom is -0.508 e. The molecule has 10 heteroatoms. The molecule has 218 valence electrons. The quantitative estimate of drug-likeness (QED) is 0.284. The van der Waals surface area contributed by atoms with Crippen LogP contribution in [0, 0.1) is 23.6 Å². The fourth-order valence-electron chi connectivity index (χ4n) is 8.20. The zero-order valence-electron chi connectivity index (χ0n) is 22.6. The Morgan fingerprint density at radius 3 is 2.24 bits per heavy atom. The number of alkyl halides is 2. The lowest BCUT2D eigenvalue weighted by molar-refractivity contribution is -0.143. The van der Waals surface area contributed by atoms with E-state index in [-0.39, 0.29) is 42.1 Å². The molecule has 2 aromatic carbocycles. The molecule has 2 saturated heterocycles. The number of benzene rings is 2. The van der Waals surface area contributed by atoms with Gasteiger partial charge in [-0.15, -0.1) is 23.2 Å². The predicted octanol–water partition coefficient (Wildman–Crippen LogP) is 5.43. The van der Waals surface area contributed by atoms with E-state index in [0.717, 1.165) is 49.1 Å². The van der Waals surface area contributed by atoms with Crippen molar-refractivity contribution in [3.8, 4) is 5.75 Å². The maximum Gasteiger partial charge on any atom is 0.258 e. The second-order valence-electron chi connectivity index (χ2n) is 12.1. The number of nitrogens with zero attached hydrogens (tertiary/aromatic N) is 2. The van der Waals surface area contributed by atoms with Gasteiger partial charge >= 0.3 is 0 Å². The summed E-state index contributed by atoms with van der Waals surface area (Å²) in [4.78, 5) is 54.6. The monoisotopic (exact) mass is 610 g/mol. The van der Waals surface area contributed by atoms with Crippen molar-refractivity contribution >= 4 is 52.5 Å². The Morgan fingerprint density at radius 2 is 1.55 bits per heavy atom. The number of hydrogen-bond acceptors (Lipinski definition) is 5. The summed E-state index contributed by atoms with van der Waals surface area (Å²) in [7, 11) is 0. The molecule has 7 rings (SSSR count). The molecule has 2 aliphatic heterocycles. The SMILES string of the molecule is O=C1[C@H]2[C@H](CC=C3[C@H]2C[C@@]2(Cl)C(=O)N(c4ccc(F)cc4)C(=O)[C@@]2(Cl)[C@H]3c2ccccc2O)C(=O)N1C1CCCCC1. The van der Waals surface area contributed by atoms with Crippen molar-refractivity contribution in [2.75, 3.05) is 4.90 Å². The molecule has 5 aliphatic rings. The molecule has 4 amide bonds.